The summed E-state index contributed by atoms with van der Waals surface area (Å²) in [6.07, 6.45) is 7.24. The Morgan fingerprint density at radius 1 is 1.20 bits per heavy atom. The van der Waals surface area contributed by atoms with Crippen molar-refractivity contribution in [1.29, 1.82) is 0 Å². The van der Waals surface area contributed by atoms with Crippen LogP contribution in [-0.2, 0) is 35.2 Å². The van der Waals surface area contributed by atoms with Gasteiger partial charge in [0, 0.05) is 23.2 Å². The van der Waals surface area contributed by atoms with E-state index in [1.165, 1.54) is 24.3 Å². The predicted octanol–water partition coefficient (Wildman–Crippen LogP) is 4.29. The first-order valence-corrected chi connectivity index (χ1v) is 15.4. The molecule has 1 saturated heterocycles. The summed E-state index contributed by atoms with van der Waals surface area (Å²) in [5.74, 6) is -1.10. The Hall–Kier alpha value is -3.41. The fourth-order valence-electron chi connectivity index (χ4n) is 9.10. The fraction of sp³-hybridized carbons (Fsp3) is 0.606. The lowest BCUT2D eigenvalue weighted by atomic mass is 9.47. The summed E-state index contributed by atoms with van der Waals surface area (Å²) < 4.78 is 18.5. The van der Waals surface area contributed by atoms with Gasteiger partial charge in [-0.25, -0.2) is 4.79 Å². The SMILES string of the molecule is CCCC1O[C@@H]2C[C@H]3[C@@H]4CC=C5CC(=O)C=C[C@]5(C)[C@H]4[C@@H](O)C[C@]3(C)[C@]2(C(=O)COC(=O)c2ccc(CO[N+](=O)[O-])cc2)O1. The number of ketones is 2. The highest BCUT2D eigenvalue weighted by Crippen LogP contribution is 2.69. The number of aliphatic hydroxyl groups is 1. The summed E-state index contributed by atoms with van der Waals surface area (Å²) in [7, 11) is 0. The molecule has 11 heteroatoms. The van der Waals surface area contributed by atoms with E-state index in [1.54, 1.807) is 6.08 Å². The number of hydrogen-bond acceptors (Lipinski definition) is 10. The Balaban J connectivity index is 1.25. The molecule has 1 N–H and O–H groups in total. The van der Waals surface area contributed by atoms with Crippen molar-refractivity contribution < 1.29 is 43.6 Å². The number of ether oxygens (including phenoxy) is 3. The van der Waals surface area contributed by atoms with E-state index < -0.39 is 52.6 Å². The number of rotatable bonds is 9. The van der Waals surface area contributed by atoms with Crippen LogP contribution in [0.1, 0.15) is 75.2 Å². The van der Waals surface area contributed by atoms with E-state index in [0.717, 1.165) is 12.0 Å². The van der Waals surface area contributed by atoms with Gasteiger partial charge in [0.15, 0.2) is 24.3 Å². The molecule has 0 amide bonds. The highest BCUT2D eigenvalue weighted by molar-refractivity contribution is 5.95. The summed E-state index contributed by atoms with van der Waals surface area (Å²) in [6, 6.07) is 5.96. The molecule has 1 heterocycles. The monoisotopic (exact) mass is 609 g/mol. The normalized spacial score (nSPS) is 38.5. The molecule has 236 valence electrons. The minimum Gasteiger partial charge on any atom is -0.454 e. The highest BCUT2D eigenvalue weighted by Gasteiger charge is 2.75. The number of fused-ring (bicyclic) bond motifs is 7. The zero-order chi connectivity index (χ0) is 31.4. The molecule has 0 spiro atoms. The van der Waals surface area contributed by atoms with Crippen LogP contribution in [0.25, 0.3) is 0 Å². The van der Waals surface area contributed by atoms with Gasteiger partial charge < -0.3 is 24.2 Å². The second kappa shape index (κ2) is 11.2. The van der Waals surface area contributed by atoms with Crippen LogP contribution in [0.3, 0.4) is 0 Å². The van der Waals surface area contributed by atoms with Crippen LogP contribution in [0.4, 0.5) is 0 Å². The van der Waals surface area contributed by atoms with Gasteiger partial charge in [0.25, 0.3) is 5.09 Å². The van der Waals surface area contributed by atoms with Gasteiger partial charge >= 0.3 is 5.97 Å². The van der Waals surface area contributed by atoms with Crippen molar-refractivity contribution in [3.05, 3.63) is 69.3 Å². The predicted molar refractivity (Wildman–Crippen MR) is 154 cm³/mol. The van der Waals surface area contributed by atoms with Crippen molar-refractivity contribution in [2.24, 2.45) is 28.6 Å². The maximum absolute atomic E-state index is 14.3. The van der Waals surface area contributed by atoms with Crippen LogP contribution >= 0.6 is 0 Å². The van der Waals surface area contributed by atoms with Crippen LogP contribution in [0.15, 0.2) is 48.1 Å². The molecule has 9 atom stereocenters. The van der Waals surface area contributed by atoms with Crippen LogP contribution in [0, 0.1) is 38.7 Å². The largest absolute Gasteiger partial charge is 0.454 e. The van der Waals surface area contributed by atoms with Gasteiger partial charge in [-0.3, -0.25) is 9.59 Å². The molecule has 2 saturated carbocycles. The van der Waals surface area contributed by atoms with Gasteiger partial charge in [0.1, 0.15) is 6.61 Å². The van der Waals surface area contributed by atoms with Crippen LogP contribution < -0.4 is 0 Å². The molecule has 1 aromatic rings. The number of benzene rings is 1. The first kappa shape index (κ1) is 30.6. The average molecular weight is 610 g/mol. The molecule has 0 aromatic heterocycles. The Bertz CT molecular complexity index is 1420. The maximum Gasteiger partial charge on any atom is 0.338 e. The van der Waals surface area contributed by atoms with E-state index in [9.17, 15) is 29.6 Å². The third kappa shape index (κ3) is 4.71. The van der Waals surface area contributed by atoms with E-state index in [2.05, 4.69) is 17.8 Å². The second-order valence-corrected chi connectivity index (χ2v) is 13.3. The molecular weight excluding hydrogens is 570 g/mol. The van der Waals surface area contributed by atoms with Gasteiger partial charge in [0.2, 0.25) is 5.78 Å². The van der Waals surface area contributed by atoms with Crippen LogP contribution in [0.5, 0.6) is 0 Å². The summed E-state index contributed by atoms with van der Waals surface area (Å²) in [5, 5.41) is 21.4. The van der Waals surface area contributed by atoms with Crippen molar-refractivity contribution in [3.8, 4) is 0 Å². The molecule has 4 aliphatic carbocycles. The molecule has 1 aromatic carbocycles. The molecule has 11 nitrogen and oxygen atoms in total. The lowest BCUT2D eigenvalue weighted by Crippen LogP contribution is -2.63. The number of Topliss-reactive ketones (excluding diaryl/α,β-unsaturated/α-hetero) is 1. The van der Waals surface area contributed by atoms with E-state index in [-0.39, 0.29) is 41.5 Å². The Labute approximate surface area is 255 Å². The number of carbonyl (C=O) groups is 3. The summed E-state index contributed by atoms with van der Waals surface area (Å²) in [6.45, 7) is 5.36. The maximum atomic E-state index is 14.3. The van der Waals surface area contributed by atoms with E-state index >= 15 is 0 Å². The van der Waals surface area contributed by atoms with Gasteiger partial charge in [-0.1, -0.05) is 57.0 Å². The lowest BCUT2D eigenvalue weighted by molar-refractivity contribution is -0.763. The zero-order valence-electron chi connectivity index (χ0n) is 25.2. The molecule has 0 radical (unpaired) electrons. The molecule has 5 aliphatic rings. The van der Waals surface area contributed by atoms with Gasteiger partial charge in [-0.15, -0.1) is 10.1 Å². The lowest BCUT2D eigenvalue weighted by Gasteiger charge is -2.59. The number of nitrogens with zero attached hydrogens (tertiary/aromatic N) is 1. The quantitative estimate of drug-likeness (QED) is 0.186. The van der Waals surface area contributed by atoms with E-state index in [1.807, 2.05) is 19.9 Å². The van der Waals surface area contributed by atoms with Crippen molar-refractivity contribution in [2.75, 3.05) is 6.61 Å². The number of esters is 1. The summed E-state index contributed by atoms with van der Waals surface area (Å²) in [5.41, 5.74) is -0.872. The van der Waals surface area contributed by atoms with Crippen molar-refractivity contribution >= 4 is 17.5 Å². The van der Waals surface area contributed by atoms with Gasteiger partial charge in [0.05, 0.1) is 17.8 Å². The minimum absolute atomic E-state index is 0.00212. The Kier molecular flexibility index (Phi) is 7.78. The van der Waals surface area contributed by atoms with E-state index in [0.29, 0.717) is 37.7 Å². The first-order valence-electron chi connectivity index (χ1n) is 15.4. The molecule has 44 heavy (non-hydrogen) atoms. The Morgan fingerprint density at radius 2 is 1.95 bits per heavy atom. The molecule has 3 fully saturated rings. The second-order valence-electron chi connectivity index (χ2n) is 13.3. The Morgan fingerprint density at radius 3 is 2.66 bits per heavy atom. The number of allylic oxidation sites excluding steroid dienone is 4. The third-order valence-electron chi connectivity index (χ3n) is 11.0. The van der Waals surface area contributed by atoms with Crippen molar-refractivity contribution in [3.63, 3.8) is 0 Å². The molecule has 6 rings (SSSR count). The molecule has 1 aliphatic heterocycles. The molecule has 0 bridgehead atoms. The standard InChI is InChI=1S/C33H39NO10/c1-4-5-28-43-27-15-24-23-11-10-21-14-22(35)12-13-31(21,2)29(23)25(36)16-32(24,3)33(27,44-28)26(37)18-41-30(38)20-8-6-19(7-9-20)17-42-34(39)40/h6-10,12-13,23-25,27-29,36H,4-5,11,14-18H2,1-3H3/t23-,24-,25-,27+,28?,29+,31-,32-,33+/m0/s1. The fourth-order valence-corrected chi connectivity index (χ4v) is 9.10. The van der Waals surface area contributed by atoms with Crippen LogP contribution in [0.2, 0.25) is 0 Å². The van der Waals surface area contributed by atoms with Crippen molar-refractivity contribution in [2.45, 2.75) is 90.0 Å². The van der Waals surface area contributed by atoms with Gasteiger partial charge in [-0.05, 0) is 61.3 Å². The van der Waals surface area contributed by atoms with Gasteiger partial charge in [-0.2, -0.15) is 0 Å². The summed E-state index contributed by atoms with van der Waals surface area (Å²) >= 11 is 0. The highest BCUT2D eigenvalue weighted by atomic mass is 16.9. The average Bonchev–Trinajstić information content (AvgIpc) is 3.47. The molecular formula is C33H39NO10. The number of aliphatic hydroxyl groups excluding tert-OH is 1. The third-order valence-corrected chi connectivity index (χ3v) is 11.0. The topological polar surface area (TPSA) is 152 Å². The van der Waals surface area contributed by atoms with E-state index in [4.69, 9.17) is 14.2 Å². The zero-order valence-corrected chi connectivity index (χ0v) is 25.2. The first-order chi connectivity index (χ1) is 20.9. The minimum atomic E-state index is -1.39. The summed E-state index contributed by atoms with van der Waals surface area (Å²) in [4.78, 5) is 54.2. The van der Waals surface area contributed by atoms with Crippen molar-refractivity contribution in [1.82, 2.24) is 0 Å². The number of carbonyl (C=O) groups excluding carboxylic acids is 3. The van der Waals surface area contributed by atoms with Crippen LogP contribution in [-0.4, -0.2) is 58.4 Å². The number of hydrogen-bond donors (Lipinski definition) is 1. The molecule has 1 unspecified atom stereocenters. The smallest absolute Gasteiger partial charge is 0.338 e.